The van der Waals surface area contributed by atoms with Crippen LogP contribution in [0.4, 0.5) is 5.69 Å². The van der Waals surface area contributed by atoms with Gasteiger partial charge in [0, 0.05) is 13.2 Å². The average Bonchev–Trinajstić information content (AvgIpc) is 2.84. The number of fused-ring (bicyclic) bond motifs is 1. The number of aryl methyl sites for hydroxylation is 1. The number of carbonyl (C=O) groups is 1. The number of nitrogens with one attached hydrogen (secondary N) is 1. The lowest BCUT2D eigenvalue weighted by atomic mass is 10.1. The molecule has 1 atom stereocenters. The van der Waals surface area contributed by atoms with E-state index in [1.54, 1.807) is 24.1 Å². The summed E-state index contributed by atoms with van der Waals surface area (Å²) in [6.07, 6.45) is 2.77. The van der Waals surface area contributed by atoms with Crippen LogP contribution >= 0.6 is 0 Å². The van der Waals surface area contributed by atoms with Crippen LogP contribution in [-0.4, -0.2) is 28.2 Å². The fourth-order valence-electron chi connectivity index (χ4n) is 1.99. The Morgan fingerprint density at radius 3 is 3.11 bits per heavy atom. The van der Waals surface area contributed by atoms with Crippen molar-refractivity contribution in [2.24, 2.45) is 7.05 Å². The maximum Gasteiger partial charge on any atom is 0.208 e. The summed E-state index contributed by atoms with van der Waals surface area (Å²) in [6.45, 7) is 0.477. The van der Waals surface area contributed by atoms with Gasteiger partial charge >= 0.3 is 0 Å². The summed E-state index contributed by atoms with van der Waals surface area (Å²) in [6, 6.07) is 7.60. The van der Waals surface area contributed by atoms with Crippen LogP contribution in [0.5, 0.6) is 5.75 Å². The summed E-state index contributed by atoms with van der Waals surface area (Å²) in [5.41, 5.74) is 1.50. The number of benzene rings is 1. The topological polar surface area (TPSA) is 56.2 Å². The molecule has 1 aliphatic heterocycles. The second kappa shape index (κ2) is 4.18. The quantitative estimate of drug-likeness (QED) is 0.812. The minimum Gasteiger partial charge on any atom is -0.478 e. The molecule has 0 amide bonds. The van der Waals surface area contributed by atoms with Gasteiger partial charge in [0.25, 0.3) is 0 Å². The standard InChI is InChI=1S/C13H13N3O2/c1-16-8-9(6-15-16)13(17)12-7-14-10-4-2-3-5-11(10)18-12/h2-6,8,12,14H,7H2,1H3. The van der Waals surface area contributed by atoms with Crippen molar-refractivity contribution in [3.63, 3.8) is 0 Å². The Labute approximate surface area is 104 Å². The van der Waals surface area contributed by atoms with Crippen molar-refractivity contribution in [1.29, 1.82) is 0 Å². The van der Waals surface area contributed by atoms with Crippen LogP contribution in [0.2, 0.25) is 0 Å². The third-order valence-electron chi connectivity index (χ3n) is 2.92. The van der Waals surface area contributed by atoms with E-state index in [0.717, 1.165) is 5.69 Å². The number of ketones is 1. The number of hydrogen-bond acceptors (Lipinski definition) is 4. The fraction of sp³-hybridized carbons (Fsp3) is 0.231. The zero-order valence-electron chi connectivity index (χ0n) is 9.96. The van der Waals surface area contributed by atoms with Crippen molar-refractivity contribution in [3.8, 4) is 5.75 Å². The van der Waals surface area contributed by atoms with Crippen LogP contribution in [0.15, 0.2) is 36.7 Å². The maximum absolute atomic E-state index is 12.2. The van der Waals surface area contributed by atoms with Crippen LogP contribution in [0.1, 0.15) is 10.4 Å². The Morgan fingerprint density at radius 1 is 1.50 bits per heavy atom. The van der Waals surface area contributed by atoms with Crippen molar-refractivity contribution in [2.75, 3.05) is 11.9 Å². The summed E-state index contributed by atoms with van der Waals surface area (Å²) < 4.78 is 7.32. The lowest BCUT2D eigenvalue weighted by Gasteiger charge is -2.25. The molecule has 0 radical (unpaired) electrons. The first-order valence-electron chi connectivity index (χ1n) is 5.76. The van der Waals surface area contributed by atoms with Crippen LogP contribution in [-0.2, 0) is 7.05 Å². The van der Waals surface area contributed by atoms with Crippen molar-refractivity contribution < 1.29 is 9.53 Å². The Hall–Kier alpha value is -2.30. The van der Waals surface area contributed by atoms with Crippen molar-refractivity contribution in [1.82, 2.24) is 9.78 Å². The first kappa shape index (κ1) is 10.8. The van der Waals surface area contributed by atoms with Crippen molar-refractivity contribution >= 4 is 11.5 Å². The second-order valence-corrected chi connectivity index (χ2v) is 4.25. The molecular weight excluding hydrogens is 230 g/mol. The van der Waals surface area contributed by atoms with E-state index in [2.05, 4.69) is 10.4 Å². The van der Waals surface area contributed by atoms with Crippen molar-refractivity contribution in [3.05, 3.63) is 42.2 Å². The lowest BCUT2D eigenvalue weighted by molar-refractivity contribution is 0.0801. The first-order chi connectivity index (χ1) is 8.74. The van der Waals surface area contributed by atoms with E-state index >= 15 is 0 Å². The van der Waals surface area contributed by atoms with Gasteiger partial charge in [0.2, 0.25) is 5.78 Å². The van der Waals surface area contributed by atoms with E-state index in [4.69, 9.17) is 4.74 Å². The van der Waals surface area contributed by atoms with Gasteiger partial charge in [-0.25, -0.2) is 0 Å². The fourth-order valence-corrected chi connectivity index (χ4v) is 1.99. The van der Waals surface area contributed by atoms with Crippen LogP contribution in [0.25, 0.3) is 0 Å². The molecule has 0 aliphatic carbocycles. The molecule has 2 aromatic rings. The highest BCUT2D eigenvalue weighted by Crippen LogP contribution is 2.28. The third kappa shape index (κ3) is 1.84. The Bertz CT molecular complexity index is 591. The zero-order valence-corrected chi connectivity index (χ0v) is 9.96. The van der Waals surface area contributed by atoms with Gasteiger partial charge in [-0.3, -0.25) is 9.48 Å². The van der Waals surface area contributed by atoms with Gasteiger partial charge in [-0.15, -0.1) is 0 Å². The Kier molecular flexibility index (Phi) is 2.51. The maximum atomic E-state index is 12.2. The summed E-state index contributed by atoms with van der Waals surface area (Å²) in [4.78, 5) is 12.2. The van der Waals surface area contributed by atoms with E-state index in [1.807, 2.05) is 24.3 Å². The van der Waals surface area contributed by atoms with Gasteiger partial charge in [-0.1, -0.05) is 12.1 Å². The number of hydrogen-bond donors (Lipinski definition) is 1. The predicted octanol–water partition coefficient (Wildman–Crippen LogP) is 1.48. The number of anilines is 1. The van der Waals surface area contributed by atoms with Gasteiger partial charge in [0.05, 0.1) is 24.0 Å². The molecule has 3 rings (SSSR count). The molecule has 2 heterocycles. The van der Waals surface area contributed by atoms with E-state index in [-0.39, 0.29) is 5.78 Å². The van der Waals surface area contributed by atoms with Crippen LogP contribution in [0.3, 0.4) is 0 Å². The lowest BCUT2D eigenvalue weighted by Crippen LogP contribution is -2.37. The monoisotopic (exact) mass is 243 g/mol. The molecule has 0 fully saturated rings. The molecule has 92 valence electrons. The highest BCUT2D eigenvalue weighted by atomic mass is 16.5. The van der Waals surface area contributed by atoms with Gasteiger partial charge < -0.3 is 10.1 Å². The summed E-state index contributed by atoms with van der Waals surface area (Å²) in [5, 5.41) is 7.19. The summed E-state index contributed by atoms with van der Waals surface area (Å²) in [5.74, 6) is 0.663. The number of carbonyl (C=O) groups excluding carboxylic acids is 1. The van der Waals surface area contributed by atoms with E-state index in [0.29, 0.717) is 17.9 Å². The minimum atomic E-state index is -0.496. The number of nitrogens with zero attached hydrogens (tertiary/aromatic N) is 2. The Balaban J connectivity index is 1.82. The SMILES string of the molecule is Cn1cc(C(=O)C2CNc3ccccc3O2)cn1. The molecule has 1 unspecified atom stereocenters. The normalized spacial score (nSPS) is 17.5. The van der Waals surface area contributed by atoms with Crippen molar-refractivity contribution in [2.45, 2.75) is 6.10 Å². The average molecular weight is 243 g/mol. The summed E-state index contributed by atoms with van der Waals surface area (Å²) in [7, 11) is 1.78. The molecule has 0 saturated carbocycles. The molecule has 1 aromatic heterocycles. The molecule has 1 N–H and O–H groups in total. The Morgan fingerprint density at radius 2 is 2.33 bits per heavy atom. The second-order valence-electron chi connectivity index (χ2n) is 4.25. The van der Waals surface area contributed by atoms with Crippen LogP contribution < -0.4 is 10.1 Å². The molecule has 18 heavy (non-hydrogen) atoms. The van der Waals surface area contributed by atoms with Gasteiger partial charge in [0.1, 0.15) is 5.75 Å². The van der Waals surface area contributed by atoms with Gasteiger partial charge in [0.15, 0.2) is 6.10 Å². The molecule has 0 saturated heterocycles. The van der Waals surface area contributed by atoms with E-state index in [9.17, 15) is 4.79 Å². The highest BCUT2D eigenvalue weighted by Gasteiger charge is 2.27. The predicted molar refractivity (Wildman–Crippen MR) is 66.9 cm³/mol. The number of rotatable bonds is 2. The molecule has 5 nitrogen and oxygen atoms in total. The van der Waals surface area contributed by atoms with E-state index < -0.39 is 6.10 Å². The molecule has 1 aromatic carbocycles. The zero-order chi connectivity index (χ0) is 12.5. The van der Waals surface area contributed by atoms with Crippen LogP contribution in [0, 0.1) is 0 Å². The molecular formula is C13H13N3O2. The largest absolute Gasteiger partial charge is 0.478 e. The van der Waals surface area contributed by atoms with E-state index in [1.165, 1.54) is 0 Å². The molecule has 1 aliphatic rings. The third-order valence-corrected chi connectivity index (χ3v) is 2.92. The first-order valence-corrected chi connectivity index (χ1v) is 5.76. The smallest absolute Gasteiger partial charge is 0.208 e. The number of Topliss-reactive ketones (excluding diaryl/α,β-unsaturated/α-hetero) is 1. The number of para-hydroxylation sites is 2. The molecule has 5 heteroatoms. The van der Waals surface area contributed by atoms with Gasteiger partial charge in [-0.2, -0.15) is 5.10 Å². The molecule has 0 spiro atoms. The molecule has 0 bridgehead atoms. The van der Waals surface area contributed by atoms with Gasteiger partial charge in [-0.05, 0) is 12.1 Å². The highest BCUT2D eigenvalue weighted by molar-refractivity contribution is 6.00. The summed E-state index contributed by atoms with van der Waals surface area (Å²) >= 11 is 0. The minimum absolute atomic E-state index is 0.0508. The number of aromatic nitrogens is 2. The number of ether oxygens (including phenoxy) is 1.